The quantitative estimate of drug-likeness (QED) is 0.820. The third-order valence-corrected chi connectivity index (χ3v) is 2.88. The number of amides is 1. The Bertz CT molecular complexity index is 665. The van der Waals surface area contributed by atoms with Crippen molar-refractivity contribution in [2.24, 2.45) is 0 Å². The van der Waals surface area contributed by atoms with E-state index in [-0.39, 0.29) is 18.1 Å². The van der Waals surface area contributed by atoms with Crippen LogP contribution in [0.25, 0.3) is 0 Å². The van der Waals surface area contributed by atoms with Crippen LogP contribution in [0, 0.1) is 5.82 Å². The van der Waals surface area contributed by atoms with Gasteiger partial charge in [0.25, 0.3) is 0 Å². The van der Waals surface area contributed by atoms with Crippen LogP contribution in [0.1, 0.15) is 12.5 Å². The molecule has 0 aliphatic rings. The predicted molar refractivity (Wildman–Crippen MR) is 85.5 cm³/mol. The van der Waals surface area contributed by atoms with Crippen molar-refractivity contribution in [3.05, 3.63) is 72.1 Å². The SMILES string of the molecule is C=C(C)COc1ccc(NC(=O)Cc2cccc(F)c2)cc1. The Labute approximate surface area is 129 Å². The van der Waals surface area contributed by atoms with Gasteiger partial charge >= 0.3 is 0 Å². The van der Waals surface area contributed by atoms with E-state index in [9.17, 15) is 9.18 Å². The molecule has 0 bridgehead atoms. The molecule has 1 amide bonds. The maximum Gasteiger partial charge on any atom is 0.228 e. The summed E-state index contributed by atoms with van der Waals surface area (Å²) in [6.07, 6.45) is 0.131. The average Bonchev–Trinajstić information content (AvgIpc) is 2.46. The van der Waals surface area contributed by atoms with Crippen LogP contribution in [0.3, 0.4) is 0 Å². The molecule has 0 fully saturated rings. The van der Waals surface area contributed by atoms with E-state index in [2.05, 4.69) is 11.9 Å². The van der Waals surface area contributed by atoms with Gasteiger partial charge < -0.3 is 10.1 Å². The number of ether oxygens (including phenoxy) is 1. The Morgan fingerprint density at radius 3 is 2.59 bits per heavy atom. The number of nitrogens with one attached hydrogen (secondary N) is 1. The summed E-state index contributed by atoms with van der Waals surface area (Å²) in [6.45, 7) is 6.12. The topological polar surface area (TPSA) is 38.3 Å². The van der Waals surface area contributed by atoms with E-state index < -0.39 is 0 Å². The summed E-state index contributed by atoms with van der Waals surface area (Å²) in [5.74, 6) is 0.177. The normalized spacial score (nSPS) is 10.1. The van der Waals surface area contributed by atoms with Crippen molar-refractivity contribution >= 4 is 11.6 Å². The van der Waals surface area contributed by atoms with Crippen molar-refractivity contribution < 1.29 is 13.9 Å². The van der Waals surface area contributed by atoms with E-state index in [0.29, 0.717) is 23.6 Å². The van der Waals surface area contributed by atoms with Crippen LogP contribution in [-0.4, -0.2) is 12.5 Å². The molecule has 0 unspecified atom stereocenters. The molecule has 0 aliphatic carbocycles. The number of benzene rings is 2. The first-order valence-electron chi connectivity index (χ1n) is 6.94. The molecule has 0 atom stereocenters. The van der Waals surface area contributed by atoms with Crippen molar-refractivity contribution in [2.45, 2.75) is 13.3 Å². The second-order valence-electron chi connectivity index (χ2n) is 5.13. The van der Waals surface area contributed by atoms with Gasteiger partial charge in [-0.25, -0.2) is 4.39 Å². The smallest absolute Gasteiger partial charge is 0.228 e. The highest BCUT2D eigenvalue weighted by atomic mass is 19.1. The van der Waals surface area contributed by atoms with Crippen LogP contribution in [0.5, 0.6) is 5.75 Å². The summed E-state index contributed by atoms with van der Waals surface area (Å²) in [5.41, 5.74) is 2.25. The Hall–Kier alpha value is -2.62. The Kier molecular flexibility index (Phi) is 5.31. The fourth-order valence-electron chi connectivity index (χ4n) is 1.88. The average molecular weight is 299 g/mol. The maximum atomic E-state index is 13.1. The summed E-state index contributed by atoms with van der Waals surface area (Å²) < 4.78 is 18.5. The third kappa shape index (κ3) is 5.05. The fourth-order valence-corrected chi connectivity index (χ4v) is 1.88. The molecular formula is C18H18FNO2. The summed E-state index contributed by atoms with van der Waals surface area (Å²) in [5, 5.41) is 2.77. The van der Waals surface area contributed by atoms with Crippen LogP contribution in [0.2, 0.25) is 0 Å². The number of carbonyl (C=O) groups is 1. The Morgan fingerprint density at radius 2 is 1.95 bits per heavy atom. The van der Waals surface area contributed by atoms with Crippen molar-refractivity contribution in [3.63, 3.8) is 0 Å². The lowest BCUT2D eigenvalue weighted by molar-refractivity contribution is -0.115. The van der Waals surface area contributed by atoms with Gasteiger partial charge in [0.05, 0.1) is 6.42 Å². The van der Waals surface area contributed by atoms with Crippen molar-refractivity contribution in [3.8, 4) is 5.75 Å². The van der Waals surface area contributed by atoms with E-state index in [1.807, 2.05) is 6.92 Å². The molecule has 2 aromatic carbocycles. The van der Waals surface area contributed by atoms with Crippen LogP contribution in [0.15, 0.2) is 60.7 Å². The molecule has 1 N–H and O–H groups in total. The van der Waals surface area contributed by atoms with Gasteiger partial charge in [0, 0.05) is 5.69 Å². The number of anilines is 1. The summed E-state index contributed by atoms with van der Waals surface area (Å²) in [7, 11) is 0. The monoisotopic (exact) mass is 299 g/mol. The van der Waals surface area contributed by atoms with Gasteiger partial charge in [-0.15, -0.1) is 0 Å². The zero-order valence-corrected chi connectivity index (χ0v) is 12.4. The van der Waals surface area contributed by atoms with Gasteiger partial charge in [-0.1, -0.05) is 18.7 Å². The highest BCUT2D eigenvalue weighted by Gasteiger charge is 2.05. The number of hydrogen-bond acceptors (Lipinski definition) is 2. The van der Waals surface area contributed by atoms with Crippen LogP contribution in [0.4, 0.5) is 10.1 Å². The first kappa shape index (κ1) is 15.8. The van der Waals surface area contributed by atoms with Crippen molar-refractivity contribution in [2.75, 3.05) is 11.9 Å². The predicted octanol–water partition coefficient (Wildman–Crippen LogP) is 3.96. The van der Waals surface area contributed by atoms with Gasteiger partial charge in [-0.05, 0) is 54.5 Å². The number of halogens is 1. The first-order chi connectivity index (χ1) is 10.5. The van der Waals surface area contributed by atoms with E-state index in [1.165, 1.54) is 12.1 Å². The number of rotatable bonds is 6. The Morgan fingerprint density at radius 1 is 1.23 bits per heavy atom. The summed E-state index contributed by atoms with van der Waals surface area (Å²) >= 11 is 0. The molecule has 0 heterocycles. The molecule has 22 heavy (non-hydrogen) atoms. The largest absolute Gasteiger partial charge is 0.489 e. The zero-order chi connectivity index (χ0) is 15.9. The van der Waals surface area contributed by atoms with Gasteiger partial charge in [0.15, 0.2) is 0 Å². The van der Waals surface area contributed by atoms with Gasteiger partial charge in [0.2, 0.25) is 5.91 Å². The lowest BCUT2D eigenvalue weighted by atomic mass is 10.1. The minimum absolute atomic E-state index is 0.131. The summed E-state index contributed by atoms with van der Waals surface area (Å²) in [6, 6.07) is 13.1. The fraction of sp³-hybridized carbons (Fsp3) is 0.167. The highest BCUT2D eigenvalue weighted by Crippen LogP contribution is 2.16. The minimum Gasteiger partial charge on any atom is -0.489 e. The molecule has 0 radical (unpaired) electrons. The first-order valence-corrected chi connectivity index (χ1v) is 6.94. The van der Waals surface area contributed by atoms with E-state index in [0.717, 1.165) is 5.57 Å². The minimum atomic E-state index is -0.343. The van der Waals surface area contributed by atoms with Gasteiger partial charge in [-0.3, -0.25) is 4.79 Å². The lowest BCUT2D eigenvalue weighted by Crippen LogP contribution is -2.14. The molecule has 0 saturated carbocycles. The van der Waals surface area contributed by atoms with E-state index >= 15 is 0 Å². The summed E-state index contributed by atoms with van der Waals surface area (Å²) in [4.78, 5) is 11.9. The molecule has 4 heteroatoms. The molecule has 0 aliphatic heterocycles. The van der Waals surface area contributed by atoms with Crippen molar-refractivity contribution in [1.29, 1.82) is 0 Å². The highest BCUT2D eigenvalue weighted by molar-refractivity contribution is 5.92. The molecule has 2 aromatic rings. The standard InChI is InChI=1S/C18H18FNO2/c1-13(2)12-22-17-8-6-16(7-9-17)20-18(21)11-14-4-3-5-15(19)10-14/h3-10H,1,11-12H2,2H3,(H,20,21). The molecule has 114 valence electrons. The van der Waals surface area contributed by atoms with Crippen LogP contribution in [-0.2, 0) is 11.2 Å². The van der Waals surface area contributed by atoms with E-state index in [1.54, 1.807) is 36.4 Å². The second-order valence-corrected chi connectivity index (χ2v) is 5.13. The van der Waals surface area contributed by atoms with Crippen LogP contribution >= 0.6 is 0 Å². The molecule has 0 saturated heterocycles. The maximum absolute atomic E-state index is 13.1. The van der Waals surface area contributed by atoms with E-state index in [4.69, 9.17) is 4.74 Å². The van der Waals surface area contributed by atoms with Crippen molar-refractivity contribution in [1.82, 2.24) is 0 Å². The Balaban J connectivity index is 1.90. The molecule has 2 rings (SSSR count). The third-order valence-electron chi connectivity index (χ3n) is 2.88. The lowest BCUT2D eigenvalue weighted by Gasteiger charge is -2.08. The zero-order valence-electron chi connectivity index (χ0n) is 12.4. The van der Waals surface area contributed by atoms with Gasteiger partial charge in [-0.2, -0.15) is 0 Å². The van der Waals surface area contributed by atoms with Crippen LogP contribution < -0.4 is 10.1 Å². The second kappa shape index (κ2) is 7.41. The molecule has 0 aromatic heterocycles. The molecule has 3 nitrogen and oxygen atoms in total. The van der Waals surface area contributed by atoms with Gasteiger partial charge in [0.1, 0.15) is 18.2 Å². The molecular weight excluding hydrogens is 281 g/mol. The number of hydrogen-bond donors (Lipinski definition) is 1. The molecule has 0 spiro atoms. The number of carbonyl (C=O) groups excluding carboxylic acids is 1.